The third kappa shape index (κ3) is 8.23. The lowest BCUT2D eigenvalue weighted by Gasteiger charge is -2.29. The number of ether oxygens (including phenoxy) is 2. The highest BCUT2D eigenvalue weighted by molar-refractivity contribution is 14.0. The molecule has 27 heavy (non-hydrogen) atoms. The van der Waals surface area contributed by atoms with Crippen LogP contribution < -0.4 is 10.1 Å². The van der Waals surface area contributed by atoms with Gasteiger partial charge in [0.15, 0.2) is 5.96 Å². The van der Waals surface area contributed by atoms with E-state index in [1.54, 1.807) is 7.11 Å². The maximum Gasteiger partial charge on any atom is 0.193 e. The smallest absolute Gasteiger partial charge is 0.193 e. The van der Waals surface area contributed by atoms with Crippen molar-refractivity contribution in [2.45, 2.75) is 20.4 Å². The molecule has 0 aromatic heterocycles. The number of morpholine rings is 1. The molecule has 1 unspecified atom stereocenters. The number of guanidine groups is 1. The first kappa shape index (κ1) is 24.0. The van der Waals surface area contributed by atoms with Crippen molar-refractivity contribution in [3.63, 3.8) is 0 Å². The van der Waals surface area contributed by atoms with E-state index in [9.17, 15) is 0 Å². The molecular weight excluding hydrogens is 455 g/mol. The fraction of sp³-hybridized carbons (Fsp3) is 0.650. The van der Waals surface area contributed by atoms with Gasteiger partial charge in [-0.25, -0.2) is 0 Å². The standard InChI is InChI=1S/C20H34N4O2.HI/c1-5-21-20(22-14-17(2)15-24-10-12-26-13-11-24)23(3)16-18-8-6-7-9-19(18)25-4;/h6-9,17H,5,10-16H2,1-4H3,(H,21,22);1H. The van der Waals surface area contributed by atoms with Gasteiger partial charge in [0.05, 0.1) is 20.3 Å². The van der Waals surface area contributed by atoms with Crippen molar-refractivity contribution >= 4 is 29.9 Å². The fourth-order valence-electron chi connectivity index (χ4n) is 3.16. The predicted octanol–water partition coefficient (Wildman–Crippen LogP) is 2.68. The average molecular weight is 490 g/mol. The SMILES string of the molecule is CCNC(=NCC(C)CN1CCOCC1)N(C)Cc1ccccc1OC.I. The van der Waals surface area contributed by atoms with Gasteiger partial charge >= 0.3 is 0 Å². The quantitative estimate of drug-likeness (QED) is 0.345. The van der Waals surface area contributed by atoms with Gasteiger partial charge in [0, 0.05) is 51.9 Å². The van der Waals surface area contributed by atoms with E-state index in [2.05, 4.69) is 42.1 Å². The van der Waals surface area contributed by atoms with E-state index >= 15 is 0 Å². The zero-order valence-electron chi connectivity index (χ0n) is 17.1. The van der Waals surface area contributed by atoms with Crippen LogP contribution in [0.2, 0.25) is 0 Å². The minimum absolute atomic E-state index is 0. The highest BCUT2D eigenvalue weighted by atomic mass is 127. The molecule has 1 aromatic carbocycles. The van der Waals surface area contributed by atoms with E-state index in [0.717, 1.165) is 69.8 Å². The van der Waals surface area contributed by atoms with Crippen LogP contribution in [-0.2, 0) is 11.3 Å². The van der Waals surface area contributed by atoms with E-state index in [4.69, 9.17) is 14.5 Å². The molecule has 154 valence electrons. The molecule has 7 heteroatoms. The van der Waals surface area contributed by atoms with Gasteiger partial charge in [0.2, 0.25) is 0 Å². The minimum Gasteiger partial charge on any atom is -0.496 e. The van der Waals surface area contributed by atoms with Gasteiger partial charge in [0.25, 0.3) is 0 Å². The number of hydrogen-bond donors (Lipinski definition) is 1. The molecule has 1 aromatic rings. The highest BCUT2D eigenvalue weighted by Crippen LogP contribution is 2.18. The van der Waals surface area contributed by atoms with Gasteiger partial charge in [-0.05, 0) is 18.9 Å². The molecule has 0 bridgehead atoms. The van der Waals surface area contributed by atoms with Crippen LogP contribution in [0.5, 0.6) is 5.75 Å². The number of hydrogen-bond acceptors (Lipinski definition) is 4. The van der Waals surface area contributed by atoms with Crippen LogP contribution in [-0.4, -0.2) is 75.9 Å². The minimum atomic E-state index is 0. The Bertz CT molecular complexity index is 565. The molecule has 0 aliphatic carbocycles. The van der Waals surface area contributed by atoms with Crippen LogP contribution in [0.1, 0.15) is 19.4 Å². The maximum absolute atomic E-state index is 5.47. The second-order valence-electron chi connectivity index (χ2n) is 6.88. The predicted molar refractivity (Wildman–Crippen MR) is 122 cm³/mol. The largest absolute Gasteiger partial charge is 0.496 e. The van der Waals surface area contributed by atoms with Crippen LogP contribution in [0.3, 0.4) is 0 Å². The first-order chi connectivity index (χ1) is 12.6. The number of nitrogens with one attached hydrogen (secondary N) is 1. The van der Waals surface area contributed by atoms with E-state index < -0.39 is 0 Å². The fourth-order valence-corrected chi connectivity index (χ4v) is 3.16. The number of nitrogens with zero attached hydrogens (tertiary/aromatic N) is 3. The van der Waals surface area contributed by atoms with Crippen LogP contribution in [0.4, 0.5) is 0 Å². The molecule has 1 fully saturated rings. The molecule has 1 aliphatic rings. The van der Waals surface area contributed by atoms with Crippen molar-refractivity contribution in [2.24, 2.45) is 10.9 Å². The molecule has 6 nitrogen and oxygen atoms in total. The lowest BCUT2D eigenvalue weighted by Crippen LogP contribution is -2.40. The van der Waals surface area contributed by atoms with E-state index in [0.29, 0.717) is 5.92 Å². The maximum atomic E-state index is 5.47. The van der Waals surface area contributed by atoms with Crippen LogP contribution >= 0.6 is 24.0 Å². The second-order valence-corrected chi connectivity index (χ2v) is 6.88. The molecule has 0 saturated carbocycles. The van der Waals surface area contributed by atoms with Crippen molar-refractivity contribution in [1.82, 2.24) is 15.1 Å². The number of aliphatic imine (C=N–C) groups is 1. The summed E-state index contributed by atoms with van der Waals surface area (Å²) in [5, 5.41) is 3.40. The van der Waals surface area contributed by atoms with Crippen molar-refractivity contribution in [2.75, 3.05) is 60.1 Å². The number of halogens is 1. The van der Waals surface area contributed by atoms with Gasteiger partial charge in [0.1, 0.15) is 5.75 Å². The summed E-state index contributed by atoms with van der Waals surface area (Å²) in [6, 6.07) is 8.13. The second kappa shape index (κ2) is 13.2. The average Bonchev–Trinajstić information content (AvgIpc) is 2.66. The Kier molecular flexibility index (Phi) is 11.7. The molecule has 1 atom stereocenters. The summed E-state index contributed by atoms with van der Waals surface area (Å²) in [6.45, 7) is 11.6. The van der Waals surface area contributed by atoms with Gasteiger partial charge < -0.3 is 19.7 Å². The Labute approximate surface area is 181 Å². The first-order valence-corrected chi connectivity index (χ1v) is 9.55. The van der Waals surface area contributed by atoms with Gasteiger partial charge in [-0.2, -0.15) is 0 Å². The summed E-state index contributed by atoms with van der Waals surface area (Å²) in [6.07, 6.45) is 0. The summed E-state index contributed by atoms with van der Waals surface area (Å²) in [5.74, 6) is 2.37. The molecule has 1 heterocycles. The van der Waals surface area contributed by atoms with Crippen molar-refractivity contribution in [3.05, 3.63) is 29.8 Å². The van der Waals surface area contributed by atoms with E-state index in [-0.39, 0.29) is 24.0 Å². The van der Waals surface area contributed by atoms with Gasteiger partial charge in [-0.3, -0.25) is 9.89 Å². The number of benzene rings is 1. The van der Waals surface area contributed by atoms with E-state index in [1.807, 2.05) is 18.2 Å². The Hall–Kier alpha value is -1.06. The molecule has 1 N–H and O–H groups in total. The Morgan fingerprint density at radius 2 is 2.04 bits per heavy atom. The zero-order chi connectivity index (χ0) is 18.8. The third-order valence-electron chi connectivity index (χ3n) is 4.52. The van der Waals surface area contributed by atoms with E-state index in [1.165, 1.54) is 0 Å². The molecular formula is C20H35IN4O2. The number of methoxy groups -OCH3 is 1. The first-order valence-electron chi connectivity index (χ1n) is 9.55. The Morgan fingerprint density at radius 3 is 2.70 bits per heavy atom. The summed E-state index contributed by atoms with van der Waals surface area (Å²) in [5.41, 5.74) is 1.16. The summed E-state index contributed by atoms with van der Waals surface area (Å²) in [7, 11) is 3.78. The zero-order valence-corrected chi connectivity index (χ0v) is 19.4. The Balaban J connectivity index is 0.00000364. The summed E-state index contributed by atoms with van der Waals surface area (Å²) in [4.78, 5) is 9.49. The van der Waals surface area contributed by atoms with Crippen LogP contribution in [0, 0.1) is 5.92 Å². The number of rotatable bonds is 8. The summed E-state index contributed by atoms with van der Waals surface area (Å²) < 4.78 is 10.9. The topological polar surface area (TPSA) is 49.3 Å². The van der Waals surface area contributed by atoms with Crippen molar-refractivity contribution in [3.8, 4) is 5.75 Å². The highest BCUT2D eigenvalue weighted by Gasteiger charge is 2.14. The third-order valence-corrected chi connectivity index (χ3v) is 4.52. The molecule has 0 spiro atoms. The van der Waals surface area contributed by atoms with Crippen molar-refractivity contribution < 1.29 is 9.47 Å². The molecule has 0 radical (unpaired) electrons. The van der Waals surface area contributed by atoms with Crippen LogP contribution in [0.15, 0.2) is 29.3 Å². The molecule has 2 rings (SSSR count). The van der Waals surface area contributed by atoms with Gasteiger partial charge in [-0.15, -0.1) is 24.0 Å². The number of para-hydroxylation sites is 1. The van der Waals surface area contributed by atoms with Crippen molar-refractivity contribution in [1.29, 1.82) is 0 Å². The normalized spacial score (nSPS) is 16.4. The molecule has 0 amide bonds. The lowest BCUT2D eigenvalue weighted by molar-refractivity contribution is 0.0323. The molecule has 1 saturated heterocycles. The Morgan fingerprint density at radius 1 is 1.33 bits per heavy atom. The van der Waals surface area contributed by atoms with Gasteiger partial charge in [-0.1, -0.05) is 25.1 Å². The molecule has 1 aliphatic heterocycles. The monoisotopic (exact) mass is 490 g/mol. The lowest BCUT2D eigenvalue weighted by atomic mass is 10.1. The van der Waals surface area contributed by atoms with Crippen LogP contribution in [0.25, 0.3) is 0 Å². The summed E-state index contributed by atoms with van der Waals surface area (Å²) >= 11 is 0.